The Hall–Kier alpha value is -2.52. The summed E-state index contributed by atoms with van der Waals surface area (Å²) in [6, 6.07) is -1.95. The van der Waals surface area contributed by atoms with E-state index in [0.717, 1.165) is 0 Å². The van der Waals surface area contributed by atoms with Crippen LogP contribution in [0, 0.1) is 0 Å². The fourth-order valence-corrected chi connectivity index (χ4v) is 1.81. The molecule has 10 heteroatoms. The standard InChI is InChI=1S/C14H26N4O6/c1-2-15-13(23)16-8-4-3-6-10(12(21)22)18-14(24)17-9-5-7-11(19)20/h10H,2-9H2,1H3,(H,19,20)(H,21,22)(H2,15,16,23)(H2,17,18,24)/t10-/m0/s1. The molecule has 0 aliphatic carbocycles. The van der Waals surface area contributed by atoms with Gasteiger partial charge < -0.3 is 31.5 Å². The molecule has 0 aromatic rings. The quantitative estimate of drug-likeness (QED) is 0.275. The molecule has 0 aromatic carbocycles. The van der Waals surface area contributed by atoms with Crippen molar-refractivity contribution >= 4 is 24.0 Å². The van der Waals surface area contributed by atoms with Crippen LogP contribution in [0.15, 0.2) is 0 Å². The second-order valence-electron chi connectivity index (χ2n) is 5.07. The van der Waals surface area contributed by atoms with E-state index in [1.165, 1.54) is 0 Å². The summed E-state index contributed by atoms with van der Waals surface area (Å²) in [4.78, 5) is 44.1. The van der Waals surface area contributed by atoms with Gasteiger partial charge in [0.1, 0.15) is 6.04 Å². The number of unbranched alkanes of at least 4 members (excludes halogenated alkanes) is 1. The third kappa shape index (κ3) is 12.1. The molecule has 0 aliphatic rings. The van der Waals surface area contributed by atoms with Gasteiger partial charge in [0, 0.05) is 26.1 Å². The lowest BCUT2D eigenvalue weighted by Gasteiger charge is -2.15. The monoisotopic (exact) mass is 346 g/mol. The van der Waals surface area contributed by atoms with Crippen molar-refractivity contribution in [3.8, 4) is 0 Å². The molecule has 10 nitrogen and oxygen atoms in total. The largest absolute Gasteiger partial charge is 0.481 e. The summed E-state index contributed by atoms with van der Waals surface area (Å²) in [5.74, 6) is -2.10. The summed E-state index contributed by atoms with van der Waals surface area (Å²) in [5.41, 5.74) is 0. The predicted octanol–water partition coefficient (Wildman–Crippen LogP) is 0.0930. The lowest BCUT2D eigenvalue weighted by Crippen LogP contribution is -2.46. The second kappa shape index (κ2) is 13.0. The van der Waals surface area contributed by atoms with E-state index in [9.17, 15) is 19.2 Å². The second-order valence-corrected chi connectivity index (χ2v) is 5.07. The van der Waals surface area contributed by atoms with Crippen LogP contribution < -0.4 is 21.3 Å². The molecule has 0 rings (SSSR count). The normalized spacial score (nSPS) is 11.2. The number of carboxylic acids is 2. The fourth-order valence-electron chi connectivity index (χ4n) is 1.81. The van der Waals surface area contributed by atoms with E-state index in [1.54, 1.807) is 6.92 Å². The van der Waals surface area contributed by atoms with Crippen molar-refractivity contribution in [1.82, 2.24) is 21.3 Å². The molecule has 138 valence electrons. The van der Waals surface area contributed by atoms with E-state index in [-0.39, 0.29) is 31.8 Å². The molecule has 0 saturated heterocycles. The van der Waals surface area contributed by atoms with Crippen molar-refractivity contribution in [3.05, 3.63) is 0 Å². The first-order valence-corrected chi connectivity index (χ1v) is 7.87. The third-order valence-corrected chi connectivity index (χ3v) is 3.00. The maximum Gasteiger partial charge on any atom is 0.326 e. The number of hydrogen-bond donors (Lipinski definition) is 6. The highest BCUT2D eigenvalue weighted by molar-refractivity contribution is 5.82. The number of carbonyl (C=O) groups is 4. The van der Waals surface area contributed by atoms with Crippen molar-refractivity contribution in [1.29, 1.82) is 0 Å². The van der Waals surface area contributed by atoms with E-state index in [0.29, 0.717) is 25.9 Å². The molecule has 0 saturated carbocycles. The Morgan fingerprint density at radius 3 is 2.08 bits per heavy atom. The molecule has 0 unspecified atom stereocenters. The molecule has 0 spiro atoms. The number of urea groups is 2. The van der Waals surface area contributed by atoms with Gasteiger partial charge in [-0.3, -0.25) is 4.79 Å². The summed E-state index contributed by atoms with van der Waals surface area (Å²) in [7, 11) is 0. The van der Waals surface area contributed by atoms with Gasteiger partial charge in [0.2, 0.25) is 0 Å². The minimum atomic E-state index is -1.15. The number of carboxylic acid groups (broad SMARTS) is 2. The van der Waals surface area contributed by atoms with E-state index in [4.69, 9.17) is 10.2 Å². The Morgan fingerprint density at radius 2 is 1.50 bits per heavy atom. The van der Waals surface area contributed by atoms with Crippen LogP contribution in [0.1, 0.15) is 39.0 Å². The Kier molecular flexibility index (Phi) is 11.6. The summed E-state index contributed by atoms with van der Waals surface area (Å²) in [6.45, 7) is 2.90. The maximum atomic E-state index is 11.6. The average Bonchev–Trinajstić information content (AvgIpc) is 2.50. The van der Waals surface area contributed by atoms with E-state index in [1.807, 2.05) is 0 Å². The Morgan fingerprint density at radius 1 is 0.875 bits per heavy atom. The van der Waals surface area contributed by atoms with Crippen molar-refractivity contribution < 1.29 is 29.4 Å². The highest BCUT2D eigenvalue weighted by atomic mass is 16.4. The van der Waals surface area contributed by atoms with Crippen molar-refractivity contribution in [2.75, 3.05) is 19.6 Å². The molecule has 6 N–H and O–H groups in total. The number of rotatable bonds is 12. The van der Waals surface area contributed by atoms with Crippen LogP contribution in [0.4, 0.5) is 9.59 Å². The average molecular weight is 346 g/mol. The van der Waals surface area contributed by atoms with Gasteiger partial charge in [-0.05, 0) is 32.6 Å². The molecule has 0 fully saturated rings. The molecular formula is C14H26N4O6. The highest BCUT2D eigenvalue weighted by Crippen LogP contribution is 2.01. The van der Waals surface area contributed by atoms with E-state index < -0.39 is 24.0 Å². The summed E-state index contributed by atoms with van der Waals surface area (Å²) < 4.78 is 0. The zero-order chi connectivity index (χ0) is 18.4. The van der Waals surface area contributed by atoms with Gasteiger partial charge in [-0.2, -0.15) is 0 Å². The number of nitrogens with one attached hydrogen (secondary N) is 4. The van der Waals surface area contributed by atoms with Gasteiger partial charge in [0.25, 0.3) is 0 Å². The smallest absolute Gasteiger partial charge is 0.326 e. The number of hydrogen-bond acceptors (Lipinski definition) is 4. The first-order chi connectivity index (χ1) is 11.4. The minimum Gasteiger partial charge on any atom is -0.481 e. The first kappa shape index (κ1) is 21.5. The summed E-state index contributed by atoms with van der Waals surface area (Å²) in [6.07, 6.45) is 1.54. The molecule has 0 bridgehead atoms. The topological polar surface area (TPSA) is 157 Å². The van der Waals surface area contributed by atoms with Crippen molar-refractivity contribution in [2.24, 2.45) is 0 Å². The Balaban J connectivity index is 3.92. The van der Waals surface area contributed by atoms with Crippen LogP contribution in [0.3, 0.4) is 0 Å². The first-order valence-electron chi connectivity index (χ1n) is 7.87. The maximum absolute atomic E-state index is 11.6. The van der Waals surface area contributed by atoms with Crippen molar-refractivity contribution in [2.45, 2.75) is 45.1 Å². The summed E-state index contributed by atoms with van der Waals surface area (Å²) >= 11 is 0. The Labute approximate surface area is 140 Å². The number of carbonyl (C=O) groups excluding carboxylic acids is 2. The van der Waals surface area contributed by atoms with Crippen LogP contribution in [0.2, 0.25) is 0 Å². The van der Waals surface area contributed by atoms with Gasteiger partial charge in [0.15, 0.2) is 0 Å². The van der Waals surface area contributed by atoms with Crippen LogP contribution in [0.5, 0.6) is 0 Å². The van der Waals surface area contributed by atoms with Crippen LogP contribution in [-0.2, 0) is 9.59 Å². The number of aliphatic carboxylic acids is 2. The van der Waals surface area contributed by atoms with Crippen LogP contribution >= 0.6 is 0 Å². The molecule has 0 aromatic heterocycles. The lowest BCUT2D eigenvalue weighted by molar-refractivity contribution is -0.139. The Bertz CT molecular complexity index is 429. The SMILES string of the molecule is CCNC(=O)NCCCC[C@H](NC(=O)NCCCC(=O)O)C(=O)O. The fraction of sp³-hybridized carbons (Fsp3) is 0.714. The van der Waals surface area contributed by atoms with Crippen LogP contribution in [-0.4, -0.2) is 59.9 Å². The van der Waals surface area contributed by atoms with Crippen molar-refractivity contribution in [3.63, 3.8) is 0 Å². The third-order valence-electron chi connectivity index (χ3n) is 3.00. The molecule has 1 atom stereocenters. The predicted molar refractivity (Wildman–Crippen MR) is 85.8 cm³/mol. The van der Waals surface area contributed by atoms with Gasteiger partial charge in [-0.25, -0.2) is 14.4 Å². The van der Waals surface area contributed by atoms with Gasteiger partial charge >= 0.3 is 24.0 Å². The molecular weight excluding hydrogens is 320 g/mol. The summed E-state index contributed by atoms with van der Waals surface area (Å²) in [5, 5.41) is 27.5. The van der Waals surface area contributed by atoms with Crippen LogP contribution in [0.25, 0.3) is 0 Å². The highest BCUT2D eigenvalue weighted by Gasteiger charge is 2.19. The molecule has 0 radical (unpaired) electrons. The molecule has 0 heterocycles. The van der Waals surface area contributed by atoms with E-state index in [2.05, 4.69) is 21.3 Å². The molecule has 0 aliphatic heterocycles. The number of amides is 4. The zero-order valence-corrected chi connectivity index (χ0v) is 13.8. The lowest BCUT2D eigenvalue weighted by atomic mass is 10.1. The minimum absolute atomic E-state index is 0.0682. The van der Waals surface area contributed by atoms with Gasteiger partial charge in [-0.1, -0.05) is 0 Å². The zero-order valence-electron chi connectivity index (χ0n) is 13.8. The van der Waals surface area contributed by atoms with Gasteiger partial charge in [0.05, 0.1) is 0 Å². The van der Waals surface area contributed by atoms with E-state index >= 15 is 0 Å². The molecule has 4 amide bonds. The molecule has 24 heavy (non-hydrogen) atoms. The van der Waals surface area contributed by atoms with Gasteiger partial charge in [-0.15, -0.1) is 0 Å².